The zero-order valence-corrected chi connectivity index (χ0v) is 19.0. The Labute approximate surface area is 179 Å². The molecule has 0 spiro atoms. The summed E-state index contributed by atoms with van der Waals surface area (Å²) in [6.45, 7) is 8.62. The van der Waals surface area contributed by atoms with Crippen LogP contribution in [0, 0.1) is 0 Å². The van der Waals surface area contributed by atoms with Gasteiger partial charge < -0.3 is 25.4 Å². The van der Waals surface area contributed by atoms with Crippen molar-refractivity contribution in [3.63, 3.8) is 0 Å². The first kappa shape index (κ1) is 25.4. The maximum absolute atomic E-state index is 11.5. The first-order valence-electron chi connectivity index (χ1n) is 8.94. The lowest BCUT2D eigenvalue weighted by atomic mass is 10.2. The number of rotatable bonds is 9. The van der Waals surface area contributed by atoms with Crippen LogP contribution in [-0.2, 0) is 16.1 Å². The third-order valence-electron chi connectivity index (χ3n) is 3.19. The second kappa shape index (κ2) is 14.5. The summed E-state index contributed by atoms with van der Waals surface area (Å²) >= 11 is 0. The third-order valence-corrected chi connectivity index (χ3v) is 3.19. The van der Waals surface area contributed by atoms with Gasteiger partial charge in [0.15, 0.2) is 5.96 Å². The van der Waals surface area contributed by atoms with E-state index in [9.17, 15) is 4.79 Å². The molecule has 3 N–H and O–H groups in total. The Morgan fingerprint density at radius 1 is 1.04 bits per heavy atom. The van der Waals surface area contributed by atoms with Gasteiger partial charge in [0, 0.05) is 26.7 Å². The van der Waals surface area contributed by atoms with Crippen LogP contribution in [0.2, 0.25) is 0 Å². The minimum atomic E-state index is -0.475. The largest absolute Gasteiger partial charge is 0.444 e. The number of hydrogen-bond donors (Lipinski definition) is 3. The van der Waals surface area contributed by atoms with Gasteiger partial charge in [-0.25, -0.2) is 4.79 Å². The monoisotopic (exact) mass is 492 g/mol. The fraction of sp³-hybridized carbons (Fsp3) is 0.579. The molecule has 7 nitrogen and oxygen atoms in total. The number of halogens is 1. The number of alkyl carbamates (subject to hydrolysis) is 1. The number of amides is 1. The number of carbonyl (C=O) groups is 1. The van der Waals surface area contributed by atoms with Crippen molar-refractivity contribution in [2.24, 2.45) is 4.99 Å². The van der Waals surface area contributed by atoms with E-state index in [0.717, 1.165) is 12.0 Å². The van der Waals surface area contributed by atoms with Crippen LogP contribution in [0.15, 0.2) is 35.3 Å². The van der Waals surface area contributed by atoms with E-state index in [4.69, 9.17) is 9.47 Å². The van der Waals surface area contributed by atoms with Crippen LogP contribution in [0.5, 0.6) is 0 Å². The summed E-state index contributed by atoms with van der Waals surface area (Å²) in [5.41, 5.74) is 0.684. The second-order valence-electron chi connectivity index (χ2n) is 6.75. The molecule has 0 aromatic heterocycles. The minimum Gasteiger partial charge on any atom is -0.444 e. The van der Waals surface area contributed by atoms with Gasteiger partial charge in [0.1, 0.15) is 5.60 Å². The highest BCUT2D eigenvalue weighted by Gasteiger charge is 2.15. The van der Waals surface area contributed by atoms with Gasteiger partial charge in [0.2, 0.25) is 0 Å². The van der Waals surface area contributed by atoms with Gasteiger partial charge in [-0.05, 0) is 32.8 Å². The zero-order chi connectivity index (χ0) is 19.3. The number of nitrogens with one attached hydrogen (secondary N) is 3. The molecule has 0 fully saturated rings. The average molecular weight is 492 g/mol. The molecule has 0 heterocycles. The first-order valence-corrected chi connectivity index (χ1v) is 8.94. The molecule has 1 aromatic carbocycles. The van der Waals surface area contributed by atoms with Crippen LogP contribution >= 0.6 is 24.0 Å². The molecular weight excluding hydrogens is 459 g/mol. The summed E-state index contributed by atoms with van der Waals surface area (Å²) in [6, 6.07) is 10.1. The normalized spacial score (nSPS) is 11.3. The highest BCUT2D eigenvalue weighted by molar-refractivity contribution is 14.0. The number of hydrogen-bond acceptors (Lipinski definition) is 4. The van der Waals surface area contributed by atoms with Crippen LogP contribution in [0.3, 0.4) is 0 Å². The molecule has 1 rings (SSSR count). The van der Waals surface area contributed by atoms with Crippen LogP contribution in [0.4, 0.5) is 4.79 Å². The lowest BCUT2D eigenvalue weighted by Gasteiger charge is -2.19. The second-order valence-corrected chi connectivity index (χ2v) is 6.75. The van der Waals surface area contributed by atoms with E-state index in [2.05, 4.69) is 20.9 Å². The van der Waals surface area contributed by atoms with E-state index in [1.807, 2.05) is 51.1 Å². The number of carbonyl (C=O) groups excluding carboxylic acids is 1. The summed E-state index contributed by atoms with van der Waals surface area (Å²) in [4.78, 5) is 15.7. The van der Waals surface area contributed by atoms with Gasteiger partial charge in [0.25, 0.3) is 0 Å². The van der Waals surface area contributed by atoms with E-state index in [0.29, 0.717) is 38.8 Å². The molecule has 0 bridgehead atoms. The predicted molar refractivity (Wildman–Crippen MR) is 120 cm³/mol. The predicted octanol–water partition coefficient (Wildman–Crippen LogP) is 2.90. The van der Waals surface area contributed by atoms with E-state index >= 15 is 0 Å². The molecule has 0 saturated carbocycles. The molecule has 0 aliphatic rings. The molecule has 0 aliphatic carbocycles. The van der Waals surface area contributed by atoms with Crippen molar-refractivity contribution in [3.05, 3.63) is 35.9 Å². The molecule has 0 atom stereocenters. The Morgan fingerprint density at radius 2 is 1.67 bits per heavy atom. The van der Waals surface area contributed by atoms with Crippen LogP contribution in [-0.4, -0.2) is 50.9 Å². The molecular formula is C19H33IN4O3. The third kappa shape index (κ3) is 14.2. The number of nitrogens with zero attached hydrogens (tertiary/aromatic N) is 1. The quantitative estimate of drug-likeness (QED) is 0.214. The highest BCUT2D eigenvalue weighted by atomic mass is 127. The van der Waals surface area contributed by atoms with Gasteiger partial charge in [-0.3, -0.25) is 4.99 Å². The SMILES string of the molecule is CN=C(NCCCNC(=O)OC(C)(C)C)NCCOCc1ccccc1.I. The van der Waals surface area contributed by atoms with E-state index < -0.39 is 11.7 Å². The lowest BCUT2D eigenvalue weighted by Crippen LogP contribution is -2.40. The molecule has 0 aliphatic heterocycles. The van der Waals surface area contributed by atoms with Gasteiger partial charge in [-0.2, -0.15) is 0 Å². The highest BCUT2D eigenvalue weighted by Crippen LogP contribution is 2.06. The molecule has 0 radical (unpaired) electrons. The lowest BCUT2D eigenvalue weighted by molar-refractivity contribution is 0.0527. The average Bonchev–Trinajstić information content (AvgIpc) is 2.58. The molecule has 1 amide bonds. The van der Waals surface area contributed by atoms with Crippen molar-refractivity contribution >= 4 is 36.0 Å². The molecule has 8 heteroatoms. The standard InChI is InChI=1S/C19H32N4O3.HI/c1-19(2,3)26-18(24)23-12-8-11-21-17(20-4)22-13-14-25-15-16-9-6-5-7-10-16;/h5-7,9-10H,8,11-15H2,1-4H3,(H,23,24)(H2,20,21,22);1H. The summed E-state index contributed by atoms with van der Waals surface area (Å²) in [6.07, 6.45) is 0.375. The van der Waals surface area contributed by atoms with Crippen molar-refractivity contribution < 1.29 is 14.3 Å². The molecule has 154 valence electrons. The smallest absolute Gasteiger partial charge is 0.407 e. The first-order chi connectivity index (χ1) is 12.4. The van der Waals surface area contributed by atoms with Gasteiger partial charge in [-0.1, -0.05) is 30.3 Å². The van der Waals surface area contributed by atoms with E-state index in [1.54, 1.807) is 7.05 Å². The summed E-state index contributed by atoms with van der Waals surface area (Å²) < 4.78 is 10.8. The Bertz CT molecular complexity index is 548. The topological polar surface area (TPSA) is 84.0 Å². The summed E-state index contributed by atoms with van der Waals surface area (Å²) in [7, 11) is 1.72. The fourth-order valence-corrected chi connectivity index (χ4v) is 2.03. The number of guanidine groups is 1. The maximum atomic E-state index is 11.5. The van der Waals surface area contributed by atoms with Crippen molar-refractivity contribution in [3.8, 4) is 0 Å². The molecule has 0 unspecified atom stereocenters. The van der Waals surface area contributed by atoms with Crippen LogP contribution in [0.1, 0.15) is 32.8 Å². The summed E-state index contributed by atoms with van der Waals surface area (Å²) in [5.74, 6) is 0.713. The number of ether oxygens (including phenoxy) is 2. The van der Waals surface area contributed by atoms with Crippen LogP contribution in [0.25, 0.3) is 0 Å². The van der Waals surface area contributed by atoms with E-state index in [1.165, 1.54) is 0 Å². The van der Waals surface area contributed by atoms with Crippen molar-refractivity contribution in [2.45, 2.75) is 39.4 Å². The summed E-state index contributed by atoms with van der Waals surface area (Å²) in [5, 5.41) is 9.10. The van der Waals surface area contributed by atoms with Gasteiger partial charge in [0.05, 0.1) is 13.2 Å². The van der Waals surface area contributed by atoms with Crippen LogP contribution < -0.4 is 16.0 Å². The maximum Gasteiger partial charge on any atom is 0.407 e. The minimum absolute atomic E-state index is 0. The van der Waals surface area contributed by atoms with E-state index in [-0.39, 0.29) is 24.0 Å². The zero-order valence-electron chi connectivity index (χ0n) is 16.7. The van der Waals surface area contributed by atoms with Crippen molar-refractivity contribution in [1.29, 1.82) is 0 Å². The Kier molecular flexibility index (Phi) is 13.7. The number of benzene rings is 1. The fourth-order valence-electron chi connectivity index (χ4n) is 2.03. The van der Waals surface area contributed by atoms with Gasteiger partial charge in [-0.15, -0.1) is 24.0 Å². The Morgan fingerprint density at radius 3 is 2.30 bits per heavy atom. The Balaban J connectivity index is 0.00000676. The Hall–Kier alpha value is -1.55. The molecule has 27 heavy (non-hydrogen) atoms. The van der Waals surface area contributed by atoms with Crippen molar-refractivity contribution in [2.75, 3.05) is 33.3 Å². The van der Waals surface area contributed by atoms with Gasteiger partial charge >= 0.3 is 6.09 Å². The molecule has 0 saturated heterocycles. The van der Waals surface area contributed by atoms with Crippen molar-refractivity contribution in [1.82, 2.24) is 16.0 Å². The number of aliphatic imine (C=N–C) groups is 1. The molecule has 1 aromatic rings.